The zero-order chi connectivity index (χ0) is 24.8. The van der Waals surface area contributed by atoms with Gasteiger partial charge in [0.05, 0.1) is 17.6 Å². The van der Waals surface area contributed by atoms with Crippen molar-refractivity contribution in [2.45, 2.75) is 57.5 Å². The van der Waals surface area contributed by atoms with Crippen molar-refractivity contribution < 1.29 is 24.9 Å². The molecule has 0 radical (unpaired) electrons. The highest BCUT2D eigenvalue weighted by Crippen LogP contribution is 2.57. The average molecular weight is 466 g/mol. The van der Waals surface area contributed by atoms with E-state index in [4.69, 9.17) is 0 Å². The van der Waals surface area contributed by atoms with Gasteiger partial charge in [-0.3, -0.25) is 9.59 Å². The number of nitrogens with one attached hydrogen (secondary N) is 1. The minimum atomic E-state index is -1.78. The first kappa shape index (κ1) is 24.6. The number of benzene rings is 1. The van der Waals surface area contributed by atoms with Gasteiger partial charge in [-0.25, -0.2) is 0 Å². The number of hydrogen-bond donors (Lipinski definition) is 4. The fourth-order valence-electron chi connectivity index (χ4n) is 6.39. The molecule has 1 aromatic carbocycles. The van der Waals surface area contributed by atoms with E-state index in [1.165, 1.54) is 19.1 Å². The molecule has 6 heteroatoms. The fourth-order valence-corrected chi connectivity index (χ4v) is 6.39. The van der Waals surface area contributed by atoms with Crippen LogP contribution >= 0.6 is 0 Å². The molecule has 3 aliphatic rings. The molecule has 1 spiro atoms. The van der Waals surface area contributed by atoms with Gasteiger partial charge in [0.1, 0.15) is 5.60 Å². The predicted molar refractivity (Wildman–Crippen MR) is 129 cm³/mol. The van der Waals surface area contributed by atoms with Crippen LogP contribution in [-0.4, -0.2) is 50.9 Å². The summed E-state index contributed by atoms with van der Waals surface area (Å²) in [4.78, 5) is 26.6. The Balaban J connectivity index is 1.87. The van der Waals surface area contributed by atoms with Crippen molar-refractivity contribution in [3.8, 4) is 0 Å². The van der Waals surface area contributed by atoms with Crippen molar-refractivity contribution in [1.29, 1.82) is 0 Å². The van der Waals surface area contributed by atoms with Crippen LogP contribution in [0.2, 0.25) is 0 Å². The van der Waals surface area contributed by atoms with Crippen molar-refractivity contribution in [2.75, 3.05) is 0 Å². The minimum absolute atomic E-state index is 0.249. The van der Waals surface area contributed by atoms with Crippen LogP contribution in [0.3, 0.4) is 0 Å². The smallest absolute Gasteiger partial charge is 0.230 e. The van der Waals surface area contributed by atoms with E-state index in [0.29, 0.717) is 18.4 Å². The highest BCUT2D eigenvalue weighted by Gasteiger charge is 2.67. The van der Waals surface area contributed by atoms with Crippen LogP contribution in [-0.2, 0) is 16.0 Å². The maximum atomic E-state index is 13.8. The van der Waals surface area contributed by atoms with Crippen molar-refractivity contribution in [2.24, 2.45) is 29.1 Å². The summed E-state index contributed by atoms with van der Waals surface area (Å²) in [6.45, 7) is 9.24. The predicted octanol–water partition coefficient (Wildman–Crippen LogP) is 2.35. The molecule has 6 nitrogen and oxygen atoms in total. The third-order valence-corrected chi connectivity index (χ3v) is 8.26. The number of ketones is 1. The molecule has 1 saturated carbocycles. The summed E-state index contributed by atoms with van der Waals surface area (Å²) in [6.07, 6.45) is 4.77. The first-order valence-corrected chi connectivity index (χ1v) is 12.0. The van der Waals surface area contributed by atoms with Gasteiger partial charge in [-0.2, -0.15) is 0 Å². The number of allylic oxidation sites excluding steroid dienone is 1. The third kappa shape index (κ3) is 3.78. The van der Waals surface area contributed by atoms with Crippen LogP contribution in [0.4, 0.5) is 0 Å². The summed E-state index contributed by atoms with van der Waals surface area (Å²) >= 11 is 0. The van der Waals surface area contributed by atoms with Gasteiger partial charge in [0.25, 0.3) is 0 Å². The maximum Gasteiger partial charge on any atom is 0.230 e. The van der Waals surface area contributed by atoms with Gasteiger partial charge >= 0.3 is 0 Å². The number of aliphatic hydroxyl groups is 3. The van der Waals surface area contributed by atoms with Gasteiger partial charge in [0.2, 0.25) is 5.91 Å². The molecule has 4 rings (SSSR count). The number of rotatable bonds is 2. The van der Waals surface area contributed by atoms with E-state index in [0.717, 1.165) is 5.56 Å². The second kappa shape index (κ2) is 8.91. The molecule has 9 atom stereocenters. The van der Waals surface area contributed by atoms with Gasteiger partial charge < -0.3 is 20.6 Å². The summed E-state index contributed by atoms with van der Waals surface area (Å²) in [5, 5.41) is 36.8. The number of carbonyl (C=O) groups excluding carboxylic acids is 2. The van der Waals surface area contributed by atoms with E-state index in [2.05, 4.69) is 11.9 Å². The van der Waals surface area contributed by atoms with Gasteiger partial charge in [-0.05, 0) is 42.9 Å². The molecule has 2 aliphatic carbocycles. The van der Waals surface area contributed by atoms with Crippen molar-refractivity contribution >= 4 is 11.7 Å². The molecule has 34 heavy (non-hydrogen) atoms. The number of Topliss-reactive ketones (excluding diaryl/α,β-unsaturated/α-hetero) is 1. The lowest BCUT2D eigenvalue weighted by Gasteiger charge is -2.51. The van der Waals surface area contributed by atoms with Gasteiger partial charge in [-0.1, -0.05) is 69.0 Å². The number of amides is 1. The van der Waals surface area contributed by atoms with E-state index >= 15 is 0 Å². The highest BCUT2D eigenvalue weighted by molar-refractivity contribution is 5.91. The Morgan fingerprint density at radius 3 is 2.47 bits per heavy atom. The highest BCUT2D eigenvalue weighted by atomic mass is 16.3. The Bertz CT molecular complexity index is 1030. The van der Waals surface area contributed by atoms with E-state index < -0.39 is 35.1 Å². The molecular weight excluding hydrogens is 430 g/mol. The number of carbonyl (C=O) groups is 2. The largest absolute Gasteiger partial charge is 0.388 e. The molecular formula is C28H35NO5. The molecule has 1 heterocycles. The molecule has 1 aliphatic heterocycles. The SMILES string of the molecule is C=C1[C@@H](C)[C@H]2[C@H](Cc3ccccc3)NC(=O)[C@]23[C@H](O)C=C[C@@](C)(O)C(=O)[C@@H](C)CC=C[C@H]3[C@@H]1O. The van der Waals surface area contributed by atoms with Gasteiger partial charge in [-0.15, -0.1) is 0 Å². The Morgan fingerprint density at radius 2 is 1.79 bits per heavy atom. The monoisotopic (exact) mass is 465 g/mol. The van der Waals surface area contributed by atoms with Crippen molar-refractivity contribution in [1.82, 2.24) is 5.32 Å². The Hall–Kier alpha value is -2.54. The van der Waals surface area contributed by atoms with Crippen molar-refractivity contribution in [3.05, 3.63) is 72.4 Å². The van der Waals surface area contributed by atoms with Crippen LogP contribution in [0.1, 0.15) is 32.8 Å². The first-order chi connectivity index (χ1) is 16.0. The zero-order valence-corrected chi connectivity index (χ0v) is 20.0. The fraction of sp³-hybridized carbons (Fsp3) is 0.500. The molecule has 4 N–H and O–H groups in total. The standard InChI is InChI=1S/C28H35NO5/c1-16-9-8-12-20-24(31)18(3)17(2)23-21(15-19-10-6-5-7-11-19)29-26(33)28(20,23)22(30)13-14-27(4,34)25(16)32/h5-8,10-14,16-17,20-24,30-31,34H,3,9,15H2,1-2,4H3,(H,29,33)/t16-,17+,20-,21-,22+,23-,24+,27+,28+/m0/s1. The molecule has 2 fully saturated rings. The lowest BCUT2D eigenvalue weighted by molar-refractivity contribution is -0.147. The van der Waals surface area contributed by atoms with Crippen molar-refractivity contribution in [3.63, 3.8) is 0 Å². The topological polar surface area (TPSA) is 107 Å². The Kier molecular flexibility index (Phi) is 6.44. The quantitative estimate of drug-likeness (QED) is 0.502. The van der Waals surface area contributed by atoms with Crippen LogP contribution in [0.5, 0.6) is 0 Å². The van der Waals surface area contributed by atoms with Gasteiger partial charge in [0.15, 0.2) is 5.78 Å². The first-order valence-electron chi connectivity index (χ1n) is 12.0. The Morgan fingerprint density at radius 1 is 1.12 bits per heavy atom. The van der Waals surface area contributed by atoms with Crippen LogP contribution in [0.15, 0.2) is 66.8 Å². The molecule has 0 unspecified atom stereocenters. The molecule has 1 saturated heterocycles. The second-order valence-electron chi connectivity index (χ2n) is 10.4. The molecule has 182 valence electrons. The molecule has 0 bridgehead atoms. The summed E-state index contributed by atoms with van der Waals surface area (Å²) in [6, 6.07) is 9.57. The van der Waals surface area contributed by atoms with E-state index in [9.17, 15) is 24.9 Å². The number of aliphatic hydroxyl groups excluding tert-OH is 2. The van der Waals surface area contributed by atoms with Crippen LogP contribution in [0, 0.1) is 29.1 Å². The zero-order valence-electron chi connectivity index (χ0n) is 20.0. The second-order valence-corrected chi connectivity index (χ2v) is 10.4. The molecule has 1 amide bonds. The molecule has 0 aromatic heterocycles. The third-order valence-electron chi connectivity index (χ3n) is 8.26. The normalized spacial score (nSPS) is 42.5. The summed E-state index contributed by atoms with van der Waals surface area (Å²) in [7, 11) is 0. The van der Waals surface area contributed by atoms with E-state index in [1.54, 1.807) is 19.1 Å². The maximum absolute atomic E-state index is 13.8. The summed E-state index contributed by atoms with van der Waals surface area (Å²) in [5.41, 5.74) is -1.46. The lowest BCUT2D eigenvalue weighted by Crippen LogP contribution is -2.59. The lowest BCUT2D eigenvalue weighted by atomic mass is 9.51. The van der Waals surface area contributed by atoms with E-state index in [1.807, 2.05) is 37.3 Å². The summed E-state index contributed by atoms with van der Waals surface area (Å²) < 4.78 is 0. The minimum Gasteiger partial charge on any atom is -0.388 e. The number of hydrogen-bond acceptors (Lipinski definition) is 5. The van der Waals surface area contributed by atoms with Gasteiger partial charge in [0, 0.05) is 23.8 Å². The van der Waals surface area contributed by atoms with Crippen LogP contribution < -0.4 is 5.32 Å². The Labute approximate surface area is 201 Å². The summed E-state index contributed by atoms with van der Waals surface area (Å²) in [5.74, 6) is -2.50. The van der Waals surface area contributed by atoms with E-state index in [-0.39, 0.29) is 29.6 Å². The van der Waals surface area contributed by atoms with Crippen LogP contribution in [0.25, 0.3) is 0 Å². The average Bonchev–Trinajstić information content (AvgIpc) is 3.09. The molecule has 1 aromatic rings.